The Kier molecular flexibility index (Phi) is 4.68. The van der Waals surface area contributed by atoms with Gasteiger partial charge < -0.3 is 0 Å². The third-order valence-electron chi connectivity index (χ3n) is 7.25. The molecule has 0 saturated heterocycles. The Morgan fingerprint density at radius 1 is 0.581 bits per heavy atom. The molecule has 0 atom stereocenters. The molecule has 0 nitrogen and oxygen atoms in total. The summed E-state index contributed by atoms with van der Waals surface area (Å²) in [5.74, 6) is 1.06. The second kappa shape index (κ2) is 7.07. The Labute approximate surface area is 190 Å². The smallest absolute Gasteiger partial charge is 0.0439 e. The van der Waals surface area contributed by atoms with E-state index in [1.807, 2.05) is 11.3 Å². The molecule has 0 N–H and O–H groups in total. The summed E-state index contributed by atoms with van der Waals surface area (Å²) in [7, 11) is 0. The lowest BCUT2D eigenvalue weighted by Crippen LogP contribution is -1.84. The lowest BCUT2D eigenvalue weighted by Gasteiger charge is -2.04. The van der Waals surface area contributed by atoms with Gasteiger partial charge in [-0.1, -0.05) is 64.1 Å². The van der Waals surface area contributed by atoms with Gasteiger partial charge in [-0.15, -0.1) is 11.3 Å². The maximum atomic E-state index is 2.45. The summed E-state index contributed by atoms with van der Waals surface area (Å²) in [5.41, 5.74) is 14.3. The molecule has 0 aromatic carbocycles. The van der Waals surface area contributed by atoms with Crippen molar-refractivity contribution in [1.82, 2.24) is 0 Å². The molecule has 0 amide bonds. The second-order valence-corrected chi connectivity index (χ2v) is 11.0. The minimum atomic E-state index is 0.530. The van der Waals surface area contributed by atoms with Gasteiger partial charge in [0.15, 0.2) is 0 Å². The first-order valence-corrected chi connectivity index (χ1v) is 12.3. The van der Waals surface area contributed by atoms with Crippen molar-refractivity contribution in [1.29, 1.82) is 0 Å². The fraction of sp³-hybridized carbons (Fsp3) is 0.333. The van der Waals surface area contributed by atoms with Crippen molar-refractivity contribution in [2.45, 2.75) is 67.2 Å². The predicted molar refractivity (Wildman–Crippen MR) is 140 cm³/mol. The Morgan fingerprint density at radius 2 is 0.968 bits per heavy atom. The van der Waals surface area contributed by atoms with E-state index in [0.717, 1.165) is 0 Å². The first-order chi connectivity index (χ1) is 14.7. The largest absolute Gasteiger partial charge is 0.134 e. The summed E-state index contributed by atoms with van der Waals surface area (Å²) in [6.07, 6.45) is 0. The summed E-state index contributed by atoms with van der Waals surface area (Å²) in [6, 6.07) is 14.2. The van der Waals surface area contributed by atoms with Gasteiger partial charge >= 0.3 is 0 Å². The van der Waals surface area contributed by atoms with Gasteiger partial charge in [0.1, 0.15) is 0 Å². The second-order valence-electron chi connectivity index (χ2n) is 9.97. The lowest BCUT2D eigenvalue weighted by atomic mass is 10.0. The van der Waals surface area contributed by atoms with Crippen molar-refractivity contribution in [3.8, 4) is 22.3 Å². The van der Waals surface area contributed by atoms with Gasteiger partial charge in [0, 0.05) is 31.3 Å². The van der Waals surface area contributed by atoms with Gasteiger partial charge in [-0.3, -0.25) is 0 Å². The van der Waals surface area contributed by atoms with Crippen molar-refractivity contribution >= 4 is 31.5 Å². The molecule has 5 rings (SSSR count). The minimum Gasteiger partial charge on any atom is -0.134 e. The standard InChI is InChI=1S/C30H32S/c1-15(2)21-11-9-17(5)25-23(13-21)19(7)27-28-20(8)24-14-22(16(3)4)12-10-18(6)26(24)30(28)31-29(25)27/h9-16H,1-8H3. The predicted octanol–water partition coefficient (Wildman–Crippen LogP) is 9.74. The Morgan fingerprint density at radius 3 is 1.32 bits per heavy atom. The maximum absolute atomic E-state index is 2.45. The fourth-order valence-electron chi connectivity index (χ4n) is 5.29. The van der Waals surface area contributed by atoms with Crippen LogP contribution in [0.3, 0.4) is 0 Å². The van der Waals surface area contributed by atoms with E-state index in [4.69, 9.17) is 0 Å². The van der Waals surface area contributed by atoms with E-state index >= 15 is 0 Å². The van der Waals surface area contributed by atoms with Crippen molar-refractivity contribution in [2.24, 2.45) is 0 Å². The molecular weight excluding hydrogens is 392 g/mol. The molecule has 31 heavy (non-hydrogen) atoms. The summed E-state index contributed by atoms with van der Waals surface area (Å²) >= 11 is 2.01. The molecule has 0 radical (unpaired) electrons. The first-order valence-electron chi connectivity index (χ1n) is 11.5. The molecule has 4 aliphatic carbocycles. The van der Waals surface area contributed by atoms with E-state index in [9.17, 15) is 0 Å². The molecule has 1 aromatic rings. The zero-order valence-corrected chi connectivity index (χ0v) is 20.8. The van der Waals surface area contributed by atoms with Crippen LogP contribution in [0.2, 0.25) is 0 Å². The van der Waals surface area contributed by atoms with Crippen molar-refractivity contribution < 1.29 is 0 Å². The van der Waals surface area contributed by atoms with Crippen LogP contribution in [-0.2, 0) is 0 Å². The van der Waals surface area contributed by atoms with Crippen molar-refractivity contribution in [2.75, 3.05) is 0 Å². The molecule has 0 saturated carbocycles. The normalized spacial score (nSPS) is 12.5. The van der Waals surface area contributed by atoms with E-state index in [1.54, 1.807) is 0 Å². The van der Waals surface area contributed by atoms with Crippen LogP contribution < -0.4 is 0 Å². The third kappa shape index (κ3) is 2.86. The fourth-order valence-corrected chi connectivity index (χ4v) is 6.95. The Hall–Kier alpha value is -2.38. The summed E-state index contributed by atoms with van der Waals surface area (Å²) in [5, 5.41) is 2.97. The molecule has 1 aromatic heterocycles. The topological polar surface area (TPSA) is 0 Å². The van der Waals surface area contributed by atoms with Gasteiger partial charge in [-0.05, 0) is 84.0 Å². The average molecular weight is 425 g/mol. The molecule has 4 aliphatic rings. The maximum Gasteiger partial charge on any atom is 0.0439 e. The highest BCUT2D eigenvalue weighted by molar-refractivity contribution is 7.27. The SMILES string of the molecule is Cc1ccc(C(C)C)cc2c(C)c3c(sc4c5c(C)ccc(C(C)C)cc-5c(C)c43)c1-2. The van der Waals surface area contributed by atoms with Gasteiger partial charge in [-0.25, -0.2) is 0 Å². The number of aryl methyl sites for hydroxylation is 4. The minimum absolute atomic E-state index is 0.530. The number of hydrogen-bond acceptors (Lipinski definition) is 1. The number of rotatable bonds is 2. The van der Waals surface area contributed by atoms with E-state index in [-0.39, 0.29) is 0 Å². The number of hydrogen-bond donors (Lipinski definition) is 0. The molecule has 0 spiro atoms. The monoisotopic (exact) mass is 424 g/mol. The highest BCUT2D eigenvalue weighted by Crippen LogP contribution is 2.54. The van der Waals surface area contributed by atoms with Crippen LogP contribution in [0.4, 0.5) is 0 Å². The Balaban J connectivity index is 1.99. The van der Waals surface area contributed by atoms with E-state index in [1.165, 1.54) is 75.8 Å². The average Bonchev–Trinajstić information content (AvgIpc) is 3.17. The highest BCUT2D eigenvalue weighted by atomic mass is 32.1. The first kappa shape index (κ1) is 20.5. The zero-order chi connectivity index (χ0) is 22.2. The van der Waals surface area contributed by atoms with Crippen LogP contribution in [0.1, 0.15) is 72.9 Å². The van der Waals surface area contributed by atoms with Crippen LogP contribution >= 0.6 is 11.3 Å². The van der Waals surface area contributed by atoms with Crippen LogP contribution in [0.5, 0.6) is 0 Å². The number of fused-ring (bicyclic) bond motifs is 7. The van der Waals surface area contributed by atoms with Gasteiger partial charge in [0.05, 0.1) is 0 Å². The van der Waals surface area contributed by atoms with E-state index in [0.29, 0.717) is 11.8 Å². The Bertz CT molecular complexity index is 1300. The van der Waals surface area contributed by atoms with Gasteiger partial charge in [0.25, 0.3) is 0 Å². The van der Waals surface area contributed by atoms with E-state index in [2.05, 4.69) is 91.8 Å². The molecule has 0 unspecified atom stereocenters. The van der Waals surface area contributed by atoms with Crippen LogP contribution in [0.25, 0.3) is 42.4 Å². The van der Waals surface area contributed by atoms with Crippen LogP contribution in [0, 0.1) is 27.7 Å². The summed E-state index contributed by atoms with van der Waals surface area (Å²) in [6.45, 7) is 18.4. The number of thiophene rings is 1. The quantitative estimate of drug-likeness (QED) is 0.264. The molecule has 158 valence electrons. The molecule has 0 bridgehead atoms. The molecule has 1 heteroatoms. The van der Waals surface area contributed by atoms with Crippen LogP contribution in [-0.4, -0.2) is 0 Å². The third-order valence-corrected chi connectivity index (χ3v) is 8.48. The summed E-state index contributed by atoms with van der Waals surface area (Å²) in [4.78, 5) is 0. The molecule has 0 aliphatic heterocycles. The van der Waals surface area contributed by atoms with Crippen molar-refractivity contribution in [3.05, 3.63) is 69.8 Å². The van der Waals surface area contributed by atoms with Gasteiger partial charge in [0.2, 0.25) is 0 Å². The van der Waals surface area contributed by atoms with Crippen LogP contribution in [0.15, 0.2) is 36.4 Å². The lowest BCUT2D eigenvalue weighted by molar-refractivity contribution is 0.868. The van der Waals surface area contributed by atoms with Gasteiger partial charge in [-0.2, -0.15) is 0 Å². The molecule has 1 heterocycles. The van der Waals surface area contributed by atoms with Crippen molar-refractivity contribution in [3.63, 3.8) is 0 Å². The molecular formula is C30H32S. The van der Waals surface area contributed by atoms with E-state index < -0.39 is 0 Å². The highest BCUT2D eigenvalue weighted by Gasteiger charge is 2.27. The summed E-state index contributed by atoms with van der Waals surface area (Å²) < 4.78 is 2.95. The molecule has 0 fully saturated rings. The zero-order valence-electron chi connectivity index (χ0n) is 20.0.